The average Bonchev–Trinajstić information content (AvgIpc) is 2.64. The van der Waals surface area contributed by atoms with Gasteiger partial charge in [-0.3, -0.25) is 4.79 Å². The lowest BCUT2D eigenvalue weighted by Gasteiger charge is -2.36. The summed E-state index contributed by atoms with van der Waals surface area (Å²) in [5.74, 6) is -1.02. The minimum absolute atomic E-state index is 0.100. The lowest BCUT2D eigenvalue weighted by atomic mass is 9.97. The van der Waals surface area contributed by atoms with E-state index in [0.29, 0.717) is 25.8 Å². The molecule has 0 saturated heterocycles. The summed E-state index contributed by atoms with van der Waals surface area (Å²) in [4.78, 5) is 22.3. The number of nitrogens with two attached hydrogens (primary N) is 1. The first kappa shape index (κ1) is 20.4. The number of hydroxylamine groups is 2. The molecule has 0 aliphatic carbocycles. The zero-order valence-corrected chi connectivity index (χ0v) is 14.8. The quantitative estimate of drug-likeness (QED) is 0.388. The number of aliphatic carboxylic acids is 1. The van der Waals surface area contributed by atoms with Gasteiger partial charge in [-0.05, 0) is 52.5 Å². The van der Waals surface area contributed by atoms with Crippen molar-refractivity contribution in [1.82, 2.24) is 10.4 Å². The van der Waals surface area contributed by atoms with Crippen molar-refractivity contribution in [2.45, 2.75) is 64.1 Å². The molecule has 1 aliphatic heterocycles. The third kappa shape index (κ3) is 5.19. The number of carbonyl (C=O) groups excluding carboxylic acids is 1. The number of hydrogen-bond donors (Lipinski definition) is 4. The number of nitrogens with one attached hydrogen (secondary N) is 1. The monoisotopic (exact) mass is 343 g/mol. The molecule has 8 heteroatoms. The maximum Gasteiger partial charge on any atom is 0.407 e. The van der Waals surface area contributed by atoms with E-state index >= 15 is 0 Å². The van der Waals surface area contributed by atoms with E-state index in [4.69, 9.17) is 15.6 Å². The van der Waals surface area contributed by atoms with Gasteiger partial charge in [0.25, 0.3) is 0 Å². The van der Waals surface area contributed by atoms with Gasteiger partial charge in [0.1, 0.15) is 12.6 Å². The summed E-state index contributed by atoms with van der Waals surface area (Å²) >= 11 is 0. The van der Waals surface area contributed by atoms with Crippen LogP contribution in [0.2, 0.25) is 0 Å². The summed E-state index contributed by atoms with van der Waals surface area (Å²) in [7, 11) is 0. The van der Waals surface area contributed by atoms with Gasteiger partial charge in [0.2, 0.25) is 0 Å². The smallest absolute Gasteiger partial charge is 0.407 e. The van der Waals surface area contributed by atoms with E-state index in [1.54, 1.807) is 0 Å². The van der Waals surface area contributed by atoms with Crippen LogP contribution in [-0.4, -0.2) is 57.7 Å². The molecular weight excluding hydrogens is 314 g/mol. The molecular formula is C16H29N3O5. The highest BCUT2D eigenvalue weighted by Gasteiger charge is 2.45. The average molecular weight is 343 g/mol. The molecule has 24 heavy (non-hydrogen) atoms. The summed E-state index contributed by atoms with van der Waals surface area (Å²) in [6.45, 7) is 7.98. The second-order valence-electron chi connectivity index (χ2n) is 7.14. The fourth-order valence-electron chi connectivity index (χ4n) is 2.74. The number of nitrogens with zero attached hydrogens (tertiary/aromatic N) is 1. The molecule has 0 aromatic heterocycles. The highest BCUT2D eigenvalue weighted by atomic mass is 16.5. The first-order valence-corrected chi connectivity index (χ1v) is 8.09. The van der Waals surface area contributed by atoms with Gasteiger partial charge in [-0.25, -0.2) is 4.79 Å². The van der Waals surface area contributed by atoms with Crippen LogP contribution in [0.4, 0.5) is 4.79 Å². The maximum absolute atomic E-state index is 11.7. The van der Waals surface area contributed by atoms with Crippen LogP contribution in [0.25, 0.3) is 0 Å². The number of ether oxygens (including phenoxy) is 1. The van der Waals surface area contributed by atoms with E-state index < -0.39 is 29.2 Å². The van der Waals surface area contributed by atoms with Crippen molar-refractivity contribution in [3.63, 3.8) is 0 Å². The van der Waals surface area contributed by atoms with Crippen LogP contribution in [0.5, 0.6) is 0 Å². The molecule has 1 atom stereocenters. The van der Waals surface area contributed by atoms with Crippen LogP contribution in [-0.2, 0) is 9.53 Å². The summed E-state index contributed by atoms with van der Waals surface area (Å²) < 4.78 is 5.19. The molecule has 1 rings (SSSR count). The van der Waals surface area contributed by atoms with Crippen LogP contribution < -0.4 is 11.1 Å². The zero-order valence-electron chi connectivity index (χ0n) is 14.8. The molecule has 0 radical (unpaired) electrons. The fraction of sp³-hybridized carbons (Fsp3) is 0.750. The van der Waals surface area contributed by atoms with Gasteiger partial charge in [-0.15, -0.1) is 0 Å². The second kappa shape index (κ2) is 7.96. The predicted octanol–water partition coefficient (Wildman–Crippen LogP) is 1.48. The van der Waals surface area contributed by atoms with Crippen LogP contribution in [0.3, 0.4) is 0 Å². The summed E-state index contributed by atoms with van der Waals surface area (Å²) in [6, 6.07) is -0.863. The first-order valence-electron chi connectivity index (χ1n) is 8.09. The van der Waals surface area contributed by atoms with E-state index in [1.807, 2.05) is 33.8 Å². The number of amides is 1. The van der Waals surface area contributed by atoms with Crippen LogP contribution >= 0.6 is 0 Å². The molecule has 1 aliphatic rings. The summed E-state index contributed by atoms with van der Waals surface area (Å²) in [5, 5.41) is 22.7. The molecule has 0 fully saturated rings. The molecule has 0 saturated carbocycles. The largest absolute Gasteiger partial charge is 0.480 e. The minimum atomic E-state index is -1.02. The van der Waals surface area contributed by atoms with Gasteiger partial charge in [-0.1, -0.05) is 6.08 Å². The SMILES string of the molecule is CC1(C)C=C(COC(=O)NCCCC[C@@H](N)C(=O)O)C(C)(C)N1O. The van der Waals surface area contributed by atoms with Crippen molar-refractivity contribution in [1.29, 1.82) is 0 Å². The fourth-order valence-corrected chi connectivity index (χ4v) is 2.74. The van der Waals surface area contributed by atoms with E-state index in [2.05, 4.69) is 5.32 Å². The minimum Gasteiger partial charge on any atom is -0.480 e. The van der Waals surface area contributed by atoms with Crippen molar-refractivity contribution >= 4 is 12.1 Å². The van der Waals surface area contributed by atoms with Gasteiger partial charge in [-0.2, -0.15) is 5.06 Å². The van der Waals surface area contributed by atoms with E-state index in [1.165, 1.54) is 5.06 Å². The number of carbonyl (C=O) groups is 2. The highest BCUT2D eigenvalue weighted by Crippen LogP contribution is 2.38. The number of carboxylic acid groups (broad SMARTS) is 1. The number of alkyl carbamates (subject to hydrolysis) is 1. The van der Waals surface area contributed by atoms with E-state index in [-0.39, 0.29) is 6.61 Å². The molecule has 0 bridgehead atoms. The lowest BCUT2D eigenvalue weighted by molar-refractivity contribution is -0.186. The van der Waals surface area contributed by atoms with Crippen LogP contribution in [0, 0.1) is 0 Å². The molecule has 0 aromatic rings. The van der Waals surface area contributed by atoms with Gasteiger partial charge in [0, 0.05) is 6.54 Å². The van der Waals surface area contributed by atoms with E-state index in [0.717, 1.165) is 5.57 Å². The molecule has 1 amide bonds. The standard InChI is InChI=1S/C16H29N3O5/c1-15(2)9-11(16(3,4)19(15)23)10-24-14(22)18-8-6-5-7-12(17)13(20)21/h9,12,23H,5-8,10,17H2,1-4H3,(H,18,22)(H,20,21)/t12-/m1/s1. The molecule has 0 aromatic carbocycles. The van der Waals surface area contributed by atoms with Gasteiger partial charge in [0.15, 0.2) is 0 Å². The molecule has 1 heterocycles. The first-order chi connectivity index (χ1) is 11.0. The maximum atomic E-state index is 11.7. The number of carboxylic acids is 1. The Bertz CT molecular complexity index is 502. The Morgan fingerprint density at radius 2 is 1.96 bits per heavy atom. The predicted molar refractivity (Wildman–Crippen MR) is 88.7 cm³/mol. The Labute approximate surface area is 142 Å². The second-order valence-corrected chi connectivity index (χ2v) is 7.14. The summed E-state index contributed by atoms with van der Waals surface area (Å²) in [5.41, 5.74) is 5.11. The topological polar surface area (TPSA) is 125 Å². The summed E-state index contributed by atoms with van der Waals surface area (Å²) in [6.07, 6.45) is 2.96. The van der Waals surface area contributed by atoms with E-state index in [9.17, 15) is 14.8 Å². The lowest BCUT2D eigenvalue weighted by Crippen LogP contribution is -2.48. The molecule has 0 spiro atoms. The van der Waals surface area contributed by atoms with Crippen molar-refractivity contribution < 1.29 is 24.6 Å². The van der Waals surface area contributed by atoms with Crippen molar-refractivity contribution in [2.75, 3.05) is 13.2 Å². The Kier molecular flexibility index (Phi) is 6.76. The number of rotatable bonds is 8. The Morgan fingerprint density at radius 3 is 2.46 bits per heavy atom. The molecule has 8 nitrogen and oxygen atoms in total. The van der Waals surface area contributed by atoms with Gasteiger partial charge < -0.3 is 26.1 Å². The van der Waals surface area contributed by atoms with Crippen molar-refractivity contribution in [3.8, 4) is 0 Å². The van der Waals surface area contributed by atoms with Crippen molar-refractivity contribution in [3.05, 3.63) is 11.6 Å². The third-order valence-corrected chi connectivity index (χ3v) is 4.28. The Morgan fingerprint density at radius 1 is 1.33 bits per heavy atom. The van der Waals surface area contributed by atoms with Crippen LogP contribution in [0.1, 0.15) is 47.0 Å². The number of unbranched alkanes of at least 4 members (excludes halogenated alkanes) is 1. The molecule has 138 valence electrons. The highest BCUT2D eigenvalue weighted by molar-refractivity contribution is 5.72. The third-order valence-electron chi connectivity index (χ3n) is 4.28. The Balaban J connectivity index is 2.29. The number of hydrogen-bond acceptors (Lipinski definition) is 6. The van der Waals surface area contributed by atoms with Gasteiger partial charge in [0.05, 0.1) is 11.1 Å². The zero-order chi connectivity index (χ0) is 18.5. The van der Waals surface area contributed by atoms with Crippen LogP contribution in [0.15, 0.2) is 11.6 Å². The normalized spacial score (nSPS) is 20.3. The molecule has 5 N–H and O–H groups in total. The molecule has 0 unspecified atom stereocenters. The van der Waals surface area contributed by atoms with Crippen molar-refractivity contribution in [2.24, 2.45) is 5.73 Å². The van der Waals surface area contributed by atoms with Gasteiger partial charge >= 0.3 is 12.1 Å². The Hall–Kier alpha value is -1.64.